The number of anilines is 5. The third-order valence-corrected chi connectivity index (χ3v) is 8.79. The van der Waals surface area contributed by atoms with E-state index < -0.39 is 23.8 Å². The van der Waals surface area contributed by atoms with Crippen LogP contribution in [0.5, 0.6) is 0 Å². The first-order valence-electron chi connectivity index (χ1n) is 17.6. The summed E-state index contributed by atoms with van der Waals surface area (Å²) in [5.74, 6) is -0.905. The van der Waals surface area contributed by atoms with E-state index in [1.807, 2.05) is 60.4 Å². The molecule has 3 heterocycles. The van der Waals surface area contributed by atoms with E-state index in [-0.39, 0.29) is 36.8 Å². The molecule has 0 atom stereocenters. The number of para-hydroxylation sites is 1. The number of carbonyl (C=O) groups excluding carboxylic acids is 2. The number of amides is 2. The van der Waals surface area contributed by atoms with Crippen molar-refractivity contribution in [2.75, 3.05) is 41.8 Å². The van der Waals surface area contributed by atoms with Gasteiger partial charge in [-0.15, -0.1) is 0 Å². The average Bonchev–Trinajstić information content (AvgIpc) is 3.14. The number of rotatable bonds is 10. The van der Waals surface area contributed by atoms with E-state index in [0.717, 1.165) is 11.1 Å². The fourth-order valence-corrected chi connectivity index (χ4v) is 6.24. The maximum Gasteiger partial charge on any atom is 0.414 e. The van der Waals surface area contributed by atoms with Gasteiger partial charge >= 0.3 is 18.2 Å². The summed E-state index contributed by atoms with van der Waals surface area (Å²) in [6.07, 6.45) is 1.05. The molecule has 5 aromatic rings. The van der Waals surface area contributed by atoms with Crippen LogP contribution < -0.4 is 20.7 Å². The number of hydrogen-bond acceptors (Lipinski definition) is 10. The summed E-state index contributed by atoms with van der Waals surface area (Å²) in [5.41, 5.74) is 3.32. The quantitative estimate of drug-likeness (QED) is 0.151. The Kier molecular flexibility index (Phi) is 10.8. The molecule has 0 spiro atoms. The number of carboxylic acids is 1. The van der Waals surface area contributed by atoms with Gasteiger partial charge in [0, 0.05) is 50.5 Å². The molecule has 2 aromatic heterocycles. The van der Waals surface area contributed by atoms with Gasteiger partial charge in [-0.1, -0.05) is 48.5 Å². The molecule has 0 radical (unpaired) electrons. The molecule has 0 saturated carbocycles. The SMILES string of the molecule is Cc1cccc2c1N(C(=O)OCc1ccccc1)CCN2c1cc2cnc(Nc3cccc(C(=O)O)c3)nc2n(CCCN(C)C(=O)OC(C)(C)C)c1=O. The molecular formula is C40H43N7O7. The number of carboxylic acid groups (broad SMARTS) is 1. The van der Waals surface area contributed by atoms with E-state index in [2.05, 4.69) is 10.3 Å². The number of nitrogens with zero attached hydrogens (tertiary/aromatic N) is 6. The van der Waals surface area contributed by atoms with Crippen molar-refractivity contribution in [1.29, 1.82) is 0 Å². The molecular weight excluding hydrogens is 690 g/mol. The van der Waals surface area contributed by atoms with Gasteiger partial charge < -0.3 is 29.7 Å². The number of aryl methyl sites for hydroxylation is 2. The minimum atomic E-state index is -1.07. The van der Waals surface area contributed by atoms with Gasteiger partial charge in [-0.3, -0.25) is 14.3 Å². The van der Waals surface area contributed by atoms with Crippen LogP contribution in [0.4, 0.5) is 38.3 Å². The zero-order valence-electron chi connectivity index (χ0n) is 30.9. The molecule has 0 aliphatic carbocycles. The Labute approximate surface area is 312 Å². The summed E-state index contributed by atoms with van der Waals surface area (Å²) in [6.45, 7) is 8.50. The monoisotopic (exact) mass is 733 g/mol. The summed E-state index contributed by atoms with van der Waals surface area (Å²) in [6, 6.07) is 23.1. The van der Waals surface area contributed by atoms with E-state index in [1.54, 1.807) is 61.7 Å². The van der Waals surface area contributed by atoms with Crippen LogP contribution in [-0.4, -0.2) is 75.0 Å². The normalized spacial score (nSPS) is 12.6. The van der Waals surface area contributed by atoms with Crippen molar-refractivity contribution in [3.8, 4) is 0 Å². The molecule has 6 rings (SSSR count). The predicted octanol–water partition coefficient (Wildman–Crippen LogP) is 7.09. The number of fused-ring (bicyclic) bond motifs is 2. The molecule has 2 N–H and O–H groups in total. The average molecular weight is 734 g/mol. The molecule has 0 unspecified atom stereocenters. The molecule has 0 bridgehead atoms. The number of ether oxygens (including phenoxy) is 2. The van der Waals surface area contributed by atoms with Gasteiger partial charge in [0.05, 0.1) is 16.9 Å². The lowest BCUT2D eigenvalue weighted by Crippen LogP contribution is -2.44. The molecule has 0 saturated heterocycles. The van der Waals surface area contributed by atoms with Crippen molar-refractivity contribution in [3.63, 3.8) is 0 Å². The van der Waals surface area contributed by atoms with Crippen LogP contribution in [0, 0.1) is 6.92 Å². The van der Waals surface area contributed by atoms with Crippen LogP contribution in [-0.2, 0) is 22.6 Å². The first-order chi connectivity index (χ1) is 25.8. The van der Waals surface area contributed by atoms with Crippen LogP contribution in [0.2, 0.25) is 0 Å². The Morgan fingerprint density at radius 2 is 1.72 bits per heavy atom. The van der Waals surface area contributed by atoms with Gasteiger partial charge in [0.15, 0.2) is 0 Å². The summed E-state index contributed by atoms with van der Waals surface area (Å²) >= 11 is 0. The first kappa shape index (κ1) is 37.3. The highest BCUT2D eigenvalue weighted by atomic mass is 16.6. The summed E-state index contributed by atoms with van der Waals surface area (Å²) < 4.78 is 12.8. The van der Waals surface area contributed by atoms with Crippen molar-refractivity contribution in [1.82, 2.24) is 19.4 Å². The molecule has 1 aliphatic rings. The lowest BCUT2D eigenvalue weighted by Gasteiger charge is -2.38. The van der Waals surface area contributed by atoms with E-state index in [1.165, 1.54) is 17.0 Å². The number of carbonyl (C=O) groups is 3. The fraction of sp³-hybridized carbons (Fsp3) is 0.300. The van der Waals surface area contributed by atoms with Crippen molar-refractivity contribution in [2.24, 2.45) is 0 Å². The Hall–Kier alpha value is -6.44. The van der Waals surface area contributed by atoms with Crippen LogP contribution in [0.15, 0.2) is 89.9 Å². The van der Waals surface area contributed by atoms with Gasteiger partial charge in [0.2, 0.25) is 5.95 Å². The highest BCUT2D eigenvalue weighted by Crippen LogP contribution is 2.40. The molecule has 2 amide bonds. The summed E-state index contributed by atoms with van der Waals surface area (Å²) in [4.78, 5) is 66.5. The Morgan fingerprint density at radius 1 is 0.963 bits per heavy atom. The zero-order valence-corrected chi connectivity index (χ0v) is 30.9. The second-order valence-corrected chi connectivity index (χ2v) is 14.0. The highest BCUT2D eigenvalue weighted by Gasteiger charge is 2.32. The second kappa shape index (κ2) is 15.7. The number of hydrogen-bond donors (Lipinski definition) is 2. The minimum absolute atomic E-state index is 0.0940. The van der Waals surface area contributed by atoms with Crippen LogP contribution in [0.3, 0.4) is 0 Å². The third kappa shape index (κ3) is 8.44. The molecule has 14 heteroatoms. The number of benzene rings is 3. The molecule has 0 fully saturated rings. The largest absolute Gasteiger partial charge is 0.478 e. The van der Waals surface area contributed by atoms with Crippen molar-refractivity contribution < 1.29 is 29.0 Å². The lowest BCUT2D eigenvalue weighted by atomic mass is 10.1. The fourth-order valence-electron chi connectivity index (χ4n) is 6.24. The number of aromatic carboxylic acids is 1. The van der Waals surface area contributed by atoms with Gasteiger partial charge in [-0.2, -0.15) is 4.98 Å². The van der Waals surface area contributed by atoms with Gasteiger partial charge in [0.25, 0.3) is 5.56 Å². The second-order valence-electron chi connectivity index (χ2n) is 14.0. The van der Waals surface area contributed by atoms with Crippen molar-refractivity contribution in [3.05, 3.63) is 112 Å². The molecule has 3 aromatic carbocycles. The van der Waals surface area contributed by atoms with Crippen molar-refractivity contribution >= 4 is 57.9 Å². The molecule has 280 valence electrons. The van der Waals surface area contributed by atoms with E-state index >= 15 is 0 Å². The maximum absolute atomic E-state index is 14.6. The molecule has 1 aliphatic heterocycles. The number of pyridine rings is 1. The van der Waals surface area contributed by atoms with E-state index in [9.17, 15) is 24.3 Å². The Bertz CT molecular complexity index is 2250. The summed E-state index contributed by atoms with van der Waals surface area (Å²) in [5, 5.41) is 13.1. The highest BCUT2D eigenvalue weighted by molar-refractivity contribution is 5.97. The first-order valence-corrected chi connectivity index (χ1v) is 17.6. The Balaban J connectivity index is 1.35. The minimum Gasteiger partial charge on any atom is -0.478 e. The maximum atomic E-state index is 14.6. The summed E-state index contributed by atoms with van der Waals surface area (Å²) in [7, 11) is 1.64. The van der Waals surface area contributed by atoms with Crippen LogP contribution >= 0.6 is 0 Å². The zero-order chi connectivity index (χ0) is 38.6. The predicted molar refractivity (Wildman–Crippen MR) is 206 cm³/mol. The topological polar surface area (TPSA) is 159 Å². The van der Waals surface area contributed by atoms with Crippen LogP contribution in [0.25, 0.3) is 11.0 Å². The number of aromatic nitrogens is 3. The molecule has 54 heavy (non-hydrogen) atoms. The number of nitrogens with one attached hydrogen (secondary N) is 1. The van der Waals surface area contributed by atoms with Crippen molar-refractivity contribution in [2.45, 2.75) is 52.9 Å². The lowest BCUT2D eigenvalue weighted by molar-refractivity contribution is 0.0295. The molecule has 14 nitrogen and oxygen atoms in total. The standard InChI is InChI=1S/C40H43N7O7/c1-26-12-9-17-31-33(26)46(39(52)53-25-27-13-7-6-8-14-27)21-20-45(31)32-23-29-24-41-37(42-30-16-10-15-28(22-30)36(49)50)43-34(29)47(35(32)48)19-11-18-44(5)38(51)54-40(2,3)4/h6-10,12-17,22-24H,11,18-21,25H2,1-5H3,(H,49,50)(H,41,42,43). The van der Waals surface area contributed by atoms with Crippen LogP contribution in [0.1, 0.15) is 48.7 Å². The van der Waals surface area contributed by atoms with Gasteiger partial charge in [0.1, 0.15) is 23.5 Å². The third-order valence-electron chi connectivity index (χ3n) is 8.79. The Morgan fingerprint density at radius 3 is 2.46 bits per heavy atom. The van der Waals surface area contributed by atoms with Gasteiger partial charge in [-0.25, -0.2) is 19.4 Å². The van der Waals surface area contributed by atoms with Gasteiger partial charge in [-0.05, 0) is 75.6 Å². The smallest absolute Gasteiger partial charge is 0.414 e. The van der Waals surface area contributed by atoms with E-state index in [0.29, 0.717) is 53.3 Å². The van der Waals surface area contributed by atoms with E-state index in [4.69, 9.17) is 14.5 Å².